The van der Waals surface area contributed by atoms with Crippen molar-refractivity contribution < 1.29 is 4.39 Å². The minimum atomic E-state index is -0.220. The molecule has 0 aliphatic rings. The van der Waals surface area contributed by atoms with E-state index in [9.17, 15) is 4.39 Å². The molecule has 2 rings (SSSR count). The number of nitrogens with two attached hydrogens (primary N) is 1. The SMILES string of the molecule is CCC(C)C(c1ccccc1)C(N)c1cc(F)ccc1C. The van der Waals surface area contributed by atoms with Gasteiger partial charge in [0.1, 0.15) is 5.82 Å². The summed E-state index contributed by atoms with van der Waals surface area (Å²) in [5.41, 5.74) is 9.73. The second kappa shape index (κ2) is 6.86. The molecule has 0 fully saturated rings. The van der Waals surface area contributed by atoms with Gasteiger partial charge in [-0.25, -0.2) is 4.39 Å². The van der Waals surface area contributed by atoms with E-state index in [2.05, 4.69) is 26.0 Å². The lowest BCUT2D eigenvalue weighted by Gasteiger charge is -2.30. The van der Waals surface area contributed by atoms with Crippen LogP contribution in [0.2, 0.25) is 0 Å². The third-order valence-corrected chi connectivity index (χ3v) is 4.43. The summed E-state index contributed by atoms with van der Waals surface area (Å²) in [6.45, 7) is 6.38. The van der Waals surface area contributed by atoms with E-state index in [1.807, 2.05) is 31.2 Å². The summed E-state index contributed by atoms with van der Waals surface area (Å²) in [4.78, 5) is 0. The van der Waals surface area contributed by atoms with Gasteiger partial charge in [0.2, 0.25) is 0 Å². The first-order chi connectivity index (χ1) is 10.0. The molecule has 112 valence electrons. The number of rotatable bonds is 5. The minimum absolute atomic E-state index is 0.191. The maximum Gasteiger partial charge on any atom is 0.123 e. The molecule has 0 aliphatic heterocycles. The van der Waals surface area contributed by atoms with Crippen LogP contribution in [0.3, 0.4) is 0 Å². The van der Waals surface area contributed by atoms with Crippen LogP contribution in [0, 0.1) is 18.7 Å². The highest BCUT2D eigenvalue weighted by Crippen LogP contribution is 2.38. The molecular formula is C19H24FN. The van der Waals surface area contributed by atoms with Gasteiger partial charge in [-0.3, -0.25) is 0 Å². The van der Waals surface area contributed by atoms with Crippen molar-refractivity contribution in [3.05, 3.63) is 71.0 Å². The standard InChI is InChI=1S/C19H24FN/c1-4-13(2)18(15-8-6-5-7-9-15)19(21)17-12-16(20)11-10-14(17)3/h5-13,18-19H,4,21H2,1-3H3. The van der Waals surface area contributed by atoms with Gasteiger partial charge < -0.3 is 5.73 Å². The van der Waals surface area contributed by atoms with Gasteiger partial charge in [0.25, 0.3) is 0 Å². The molecule has 3 unspecified atom stereocenters. The highest BCUT2D eigenvalue weighted by molar-refractivity contribution is 5.34. The third-order valence-electron chi connectivity index (χ3n) is 4.43. The predicted molar refractivity (Wildman–Crippen MR) is 86.7 cm³/mol. The van der Waals surface area contributed by atoms with Gasteiger partial charge in [0.05, 0.1) is 0 Å². The zero-order chi connectivity index (χ0) is 15.4. The summed E-state index contributed by atoms with van der Waals surface area (Å²) < 4.78 is 13.6. The first kappa shape index (κ1) is 15.7. The number of hydrogen-bond acceptors (Lipinski definition) is 1. The van der Waals surface area contributed by atoms with Crippen LogP contribution >= 0.6 is 0 Å². The average Bonchev–Trinajstić information content (AvgIpc) is 2.50. The molecule has 0 aliphatic carbocycles. The molecule has 0 heterocycles. The van der Waals surface area contributed by atoms with Gasteiger partial charge in [-0.05, 0) is 41.7 Å². The highest BCUT2D eigenvalue weighted by Gasteiger charge is 2.27. The van der Waals surface area contributed by atoms with Gasteiger partial charge in [0.15, 0.2) is 0 Å². The molecule has 0 spiro atoms. The van der Waals surface area contributed by atoms with Crippen molar-refractivity contribution >= 4 is 0 Å². The molecule has 21 heavy (non-hydrogen) atoms. The molecule has 0 bridgehead atoms. The fraction of sp³-hybridized carbons (Fsp3) is 0.368. The fourth-order valence-electron chi connectivity index (χ4n) is 2.98. The van der Waals surface area contributed by atoms with Crippen molar-refractivity contribution in [3.8, 4) is 0 Å². The Bertz CT molecular complexity index is 579. The van der Waals surface area contributed by atoms with E-state index < -0.39 is 0 Å². The maximum absolute atomic E-state index is 13.6. The molecule has 2 aromatic rings. The normalized spacial score (nSPS) is 15.5. The van der Waals surface area contributed by atoms with Crippen LogP contribution in [-0.2, 0) is 0 Å². The maximum atomic E-state index is 13.6. The third kappa shape index (κ3) is 3.51. The number of halogens is 1. The van der Waals surface area contributed by atoms with Crippen LogP contribution in [0.15, 0.2) is 48.5 Å². The van der Waals surface area contributed by atoms with E-state index >= 15 is 0 Å². The van der Waals surface area contributed by atoms with E-state index in [1.54, 1.807) is 6.07 Å². The molecular weight excluding hydrogens is 261 g/mol. The average molecular weight is 285 g/mol. The van der Waals surface area contributed by atoms with Gasteiger partial charge in [-0.15, -0.1) is 0 Å². The van der Waals surface area contributed by atoms with Crippen LogP contribution in [0.5, 0.6) is 0 Å². The highest BCUT2D eigenvalue weighted by atomic mass is 19.1. The van der Waals surface area contributed by atoms with Gasteiger partial charge in [-0.2, -0.15) is 0 Å². The number of aryl methyl sites for hydroxylation is 1. The molecule has 0 aromatic heterocycles. The van der Waals surface area contributed by atoms with Crippen LogP contribution in [0.25, 0.3) is 0 Å². The summed E-state index contributed by atoms with van der Waals surface area (Å²) in [5.74, 6) is 0.406. The van der Waals surface area contributed by atoms with Crippen LogP contribution in [0.1, 0.15) is 48.9 Å². The molecule has 1 nitrogen and oxygen atoms in total. The molecule has 2 aromatic carbocycles. The summed E-state index contributed by atoms with van der Waals surface area (Å²) in [5, 5.41) is 0. The zero-order valence-corrected chi connectivity index (χ0v) is 13.0. The first-order valence-electron chi connectivity index (χ1n) is 7.61. The lowest BCUT2D eigenvalue weighted by Crippen LogP contribution is -2.25. The molecule has 0 saturated carbocycles. The monoisotopic (exact) mass is 285 g/mol. The Balaban J connectivity index is 2.43. The Morgan fingerprint density at radius 2 is 1.76 bits per heavy atom. The van der Waals surface area contributed by atoms with Gasteiger partial charge in [0, 0.05) is 12.0 Å². The lowest BCUT2D eigenvalue weighted by molar-refractivity contribution is 0.386. The molecule has 0 saturated heterocycles. The van der Waals surface area contributed by atoms with Crippen molar-refractivity contribution in [2.45, 2.75) is 39.2 Å². The summed E-state index contributed by atoms with van der Waals surface area (Å²) in [7, 11) is 0. The van der Waals surface area contributed by atoms with E-state index in [0.717, 1.165) is 17.5 Å². The Morgan fingerprint density at radius 3 is 2.38 bits per heavy atom. The van der Waals surface area contributed by atoms with Crippen molar-refractivity contribution in [1.82, 2.24) is 0 Å². The minimum Gasteiger partial charge on any atom is -0.323 e. The molecule has 0 radical (unpaired) electrons. The Labute approximate surface area is 127 Å². The summed E-state index contributed by atoms with van der Waals surface area (Å²) >= 11 is 0. The van der Waals surface area contributed by atoms with Crippen molar-refractivity contribution in [2.75, 3.05) is 0 Å². The Hall–Kier alpha value is -1.67. The predicted octanol–water partition coefficient (Wildman–Crippen LogP) is 4.96. The van der Waals surface area contributed by atoms with E-state index in [0.29, 0.717) is 5.92 Å². The fourth-order valence-corrected chi connectivity index (χ4v) is 2.98. The van der Waals surface area contributed by atoms with E-state index in [1.165, 1.54) is 11.6 Å². The Kier molecular flexibility index (Phi) is 5.13. The smallest absolute Gasteiger partial charge is 0.123 e. The van der Waals surface area contributed by atoms with Crippen LogP contribution in [-0.4, -0.2) is 0 Å². The summed E-state index contributed by atoms with van der Waals surface area (Å²) in [6, 6.07) is 15.0. The molecule has 0 amide bonds. The number of benzene rings is 2. The quantitative estimate of drug-likeness (QED) is 0.825. The van der Waals surface area contributed by atoms with Crippen molar-refractivity contribution in [1.29, 1.82) is 0 Å². The molecule has 3 atom stereocenters. The van der Waals surface area contributed by atoms with Crippen LogP contribution in [0.4, 0.5) is 4.39 Å². The van der Waals surface area contributed by atoms with E-state index in [-0.39, 0.29) is 17.8 Å². The largest absolute Gasteiger partial charge is 0.323 e. The first-order valence-corrected chi connectivity index (χ1v) is 7.61. The molecule has 2 N–H and O–H groups in total. The number of hydrogen-bond donors (Lipinski definition) is 1. The van der Waals surface area contributed by atoms with E-state index in [4.69, 9.17) is 5.73 Å². The topological polar surface area (TPSA) is 26.0 Å². The second-order valence-corrected chi connectivity index (χ2v) is 5.85. The lowest BCUT2D eigenvalue weighted by atomic mass is 9.77. The second-order valence-electron chi connectivity index (χ2n) is 5.85. The summed E-state index contributed by atoms with van der Waals surface area (Å²) in [6.07, 6.45) is 1.04. The van der Waals surface area contributed by atoms with Gasteiger partial charge in [-0.1, -0.05) is 56.7 Å². The van der Waals surface area contributed by atoms with Crippen molar-refractivity contribution in [3.63, 3.8) is 0 Å². The zero-order valence-electron chi connectivity index (χ0n) is 13.0. The van der Waals surface area contributed by atoms with Crippen LogP contribution < -0.4 is 5.73 Å². The van der Waals surface area contributed by atoms with Gasteiger partial charge >= 0.3 is 0 Å². The van der Waals surface area contributed by atoms with Crippen molar-refractivity contribution in [2.24, 2.45) is 11.7 Å². The molecule has 2 heteroatoms. The Morgan fingerprint density at radius 1 is 1.10 bits per heavy atom.